The van der Waals surface area contributed by atoms with Crippen molar-refractivity contribution in [3.8, 4) is 0 Å². The minimum Gasteiger partial charge on any atom is -0.332 e. The third kappa shape index (κ3) is 3.60. The van der Waals surface area contributed by atoms with Gasteiger partial charge in [0.15, 0.2) is 11.6 Å². The van der Waals surface area contributed by atoms with E-state index in [1.807, 2.05) is 0 Å². The molecule has 0 aromatic heterocycles. The Balaban J connectivity index is 2.98. The molecule has 1 aromatic rings. The monoisotopic (exact) mass is 283 g/mol. The van der Waals surface area contributed by atoms with Crippen molar-refractivity contribution in [2.75, 3.05) is 19.0 Å². The lowest BCUT2D eigenvalue weighted by Gasteiger charge is -2.21. The highest BCUT2D eigenvalue weighted by molar-refractivity contribution is 6.18. The molecule has 0 saturated heterocycles. The number of halogens is 5. The van der Waals surface area contributed by atoms with Crippen LogP contribution in [0.5, 0.6) is 0 Å². The zero-order chi connectivity index (χ0) is 13.7. The summed E-state index contributed by atoms with van der Waals surface area (Å²) in [5, 5.41) is 0. The van der Waals surface area contributed by atoms with Gasteiger partial charge in [0.05, 0.1) is 12.1 Å². The second-order valence-corrected chi connectivity index (χ2v) is 3.81. The van der Waals surface area contributed by atoms with Gasteiger partial charge >= 0.3 is 0 Å². The van der Waals surface area contributed by atoms with Gasteiger partial charge in [-0.2, -0.15) is 0 Å². The third-order valence-corrected chi connectivity index (χ3v) is 2.35. The van der Waals surface area contributed by atoms with Crippen LogP contribution in [0, 0.1) is 11.6 Å². The minimum absolute atomic E-state index is 0.0740. The van der Waals surface area contributed by atoms with Crippen molar-refractivity contribution in [1.82, 2.24) is 4.90 Å². The fourth-order valence-electron chi connectivity index (χ4n) is 1.38. The number of rotatable bonds is 5. The van der Waals surface area contributed by atoms with Gasteiger partial charge in [0.25, 0.3) is 12.3 Å². The van der Waals surface area contributed by atoms with Crippen molar-refractivity contribution in [3.63, 3.8) is 0 Å². The molecule has 0 aliphatic rings. The van der Waals surface area contributed by atoms with Gasteiger partial charge in [-0.15, -0.1) is 11.6 Å². The molecule has 2 nitrogen and oxygen atoms in total. The molecule has 0 spiro atoms. The van der Waals surface area contributed by atoms with E-state index in [0.29, 0.717) is 4.90 Å². The van der Waals surface area contributed by atoms with Crippen LogP contribution >= 0.6 is 11.6 Å². The summed E-state index contributed by atoms with van der Waals surface area (Å²) in [6.45, 7) is -1.04. The maximum atomic E-state index is 13.3. The molecule has 100 valence electrons. The van der Waals surface area contributed by atoms with Crippen molar-refractivity contribution in [3.05, 3.63) is 35.4 Å². The lowest BCUT2D eigenvalue weighted by Crippen LogP contribution is -2.37. The van der Waals surface area contributed by atoms with E-state index in [-0.39, 0.29) is 12.4 Å². The SMILES string of the molecule is O=C(c1cccc(F)c1F)N(CCCl)CC(F)F. The van der Waals surface area contributed by atoms with Gasteiger partial charge in [-0.25, -0.2) is 17.6 Å². The molecule has 0 saturated carbocycles. The molecule has 0 aliphatic heterocycles. The molecule has 1 aromatic carbocycles. The van der Waals surface area contributed by atoms with Crippen LogP contribution < -0.4 is 0 Å². The van der Waals surface area contributed by atoms with Crippen molar-refractivity contribution >= 4 is 17.5 Å². The van der Waals surface area contributed by atoms with Crippen molar-refractivity contribution in [2.45, 2.75) is 6.43 Å². The summed E-state index contributed by atoms with van der Waals surface area (Å²) in [7, 11) is 0. The lowest BCUT2D eigenvalue weighted by atomic mass is 10.1. The van der Waals surface area contributed by atoms with Gasteiger partial charge in [-0.05, 0) is 12.1 Å². The fraction of sp³-hybridized carbons (Fsp3) is 0.364. The lowest BCUT2D eigenvalue weighted by molar-refractivity contribution is 0.0566. The first-order valence-corrected chi connectivity index (χ1v) is 5.58. The smallest absolute Gasteiger partial charge is 0.257 e. The molecular formula is C11H10ClF4NO. The van der Waals surface area contributed by atoms with E-state index in [1.165, 1.54) is 0 Å². The quantitative estimate of drug-likeness (QED) is 0.601. The maximum Gasteiger partial charge on any atom is 0.257 e. The van der Waals surface area contributed by atoms with Gasteiger partial charge in [0, 0.05) is 12.4 Å². The van der Waals surface area contributed by atoms with Gasteiger partial charge in [0.2, 0.25) is 0 Å². The highest BCUT2D eigenvalue weighted by atomic mass is 35.5. The average Bonchev–Trinajstić information content (AvgIpc) is 2.31. The molecule has 1 amide bonds. The van der Waals surface area contributed by atoms with E-state index in [2.05, 4.69) is 0 Å². The van der Waals surface area contributed by atoms with Crippen LogP contribution in [0.4, 0.5) is 17.6 Å². The Labute approximate surface area is 106 Å². The van der Waals surface area contributed by atoms with Crippen LogP contribution in [0.2, 0.25) is 0 Å². The van der Waals surface area contributed by atoms with Crippen LogP contribution in [0.1, 0.15) is 10.4 Å². The molecule has 0 atom stereocenters. The van der Waals surface area contributed by atoms with Gasteiger partial charge < -0.3 is 4.90 Å². The van der Waals surface area contributed by atoms with Crippen molar-refractivity contribution in [2.24, 2.45) is 0 Å². The number of benzene rings is 1. The largest absolute Gasteiger partial charge is 0.332 e. The summed E-state index contributed by atoms with van der Waals surface area (Å²) in [6, 6.07) is 3.01. The van der Waals surface area contributed by atoms with Crippen molar-refractivity contribution in [1.29, 1.82) is 0 Å². The van der Waals surface area contributed by atoms with Gasteiger partial charge in [-0.3, -0.25) is 4.79 Å². The van der Waals surface area contributed by atoms with Crippen molar-refractivity contribution < 1.29 is 22.4 Å². The summed E-state index contributed by atoms with van der Waals surface area (Å²) >= 11 is 5.38. The Morgan fingerprint density at radius 2 is 2.00 bits per heavy atom. The number of carbonyl (C=O) groups excluding carboxylic acids is 1. The van der Waals surface area contributed by atoms with Crippen LogP contribution in [-0.2, 0) is 0 Å². The molecule has 0 heterocycles. The van der Waals surface area contributed by atoms with Gasteiger partial charge in [-0.1, -0.05) is 6.07 Å². The second kappa shape index (κ2) is 6.58. The van der Waals surface area contributed by atoms with Gasteiger partial charge in [0.1, 0.15) is 0 Å². The fourth-order valence-corrected chi connectivity index (χ4v) is 1.59. The zero-order valence-electron chi connectivity index (χ0n) is 9.18. The first-order valence-electron chi connectivity index (χ1n) is 5.04. The Morgan fingerprint density at radius 1 is 1.33 bits per heavy atom. The number of hydrogen-bond donors (Lipinski definition) is 0. The zero-order valence-corrected chi connectivity index (χ0v) is 9.93. The summed E-state index contributed by atoms with van der Waals surface area (Å²) in [5.41, 5.74) is -0.583. The Morgan fingerprint density at radius 3 is 2.56 bits per heavy atom. The molecule has 1 rings (SSSR count). The third-order valence-electron chi connectivity index (χ3n) is 2.18. The summed E-state index contributed by atoms with van der Waals surface area (Å²) in [5.74, 6) is -3.64. The van der Waals surface area contributed by atoms with E-state index < -0.39 is 36.1 Å². The topological polar surface area (TPSA) is 20.3 Å². The highest BCUT2D eigenvalue weighted by Gasteiger charge is 2.23. The first-order chi connectivity index (χ1) is 8.47. The Hall–Kier alpha value is -1.30. The van der Waals surface area contributed by atoms with E-state index >= 15 is 0 Å². The van der Waals surface area contributed by atoms with E-state index in [4.69, 9.17) is 11.6 Å². The second-order valence-electron chi connectivity index (χ2n) is 3.43. The van der Waals surface area contributed by atoms with E-state index in [1.54, 1.807) is 0 Å². The maximum absolute atomic E-state index is 13.3. The number of carbonyl (C=O) groups is 1. The number of nitrogens with zero attached hydrogens (tertiary/aromatic N) is 1. The molecule has 0 radical (unpaired) electrons. The molecule has 18 heavy (non-hydrogen) atoms. The summed E-state index contributed by atoms with van der Waals surface area (Å²) in [4.78, 5) is 12.5. The molecule has 0 unspecified atom stereocenters. The van der Waals surface area contributed by atoms with Crippen LogP contribution in [0.25, 0.3) is 0 Å². The van der Waals surface area contributed by atoms with Crippen LogP contribution in [0.3, 0.4) is 0 Å². The standard InChI is InChI=1S/C11H10ClF4NO/c12-4-5-17(6-9(14)15)11(18)7-2-1-3-8(13)10(7)16/h1-3,9H,4-6H2. The predicted octanol–water partition coefficient (Wildman–Crippen LogP) is 2.91. The Bertz CT molecular complexity index is 428. The average molecular weight is 284 g/mol. The predicted molar refractivity (Wildman–Crippen MR) is 59.0 cm³/mol. The highest BCUT2D eigenvalue weighted by Crippen LogP contribution is 2.14. The first kappa shape index (κ1) is 14.8. The van der Waals surface area contributed by atoms with Crippen LogP contribution in [0.15, 0.2) is 18.2 Å². The van der Waals surface area contributed by atoms with E-state index in [0.717, 1.165) is 18.2 Å². The molecule has 0 N–H and O–H groups in total. The number of hydrogen-bond acceptors (Lipinski definition) is 1. The Kier molecular flexibility index (Phi) is 5.40. The van der Waals surface area contributed by atoms with E-state index in [9.17, 15) is 22.4 Å². The molecule has 0 fully saturated rings. The molecular weight excluding hydrogens is 274 g/mol. The molecule has 0 aliphatic carbocycles. The number of alkyl halides is 3. The summed E-state index contributed by atoms with van der Waals surface area (Å²) in [6.07, 6.45) is -2.77. The normalized spacial score (nSPS) is 10.8. The molecule has 7 heteroatoms. The minimum atomic E-state index is -2.77. The molecule has 0 bridgehead atoms. The summed E-state index contributed by atoms with van der Waals surface area (Å²) < 4.78 is 50.8. The number of amides is 1. The van der Waals surface area contributed by atoms with Crippen LogP contribution in [-0.4, -0.2) is 36.2 Å².